The number of aryl methyl sites for hydroxylation is 1. The van der Waals surface area contributed by atoms with E-state index in [4.69, 9.17) is 11.6 Å². The number of hydrogen-bond donors (Lipinski definition) is 0. The topological polar surface area (TPSA) is 65.8 Å². The van der Waals surface area contributed by atoms with Gasteiger partial charge in [-0.1, -0.05) is 11.6 Å². The second-order valence-electron chi connectivity index (χ2n) is 4.83. The maximum atomic E-state index is 6.23. The van der Waals surface area contributed by atoms with Gasteiger partial charge in [-0.15, -0.1) is 0 Å². The highest BCUT2D eigenvalue weighted by atomic mass is 127. The number of fused-ring (bicyclic) bond motifs is 1. The fourth-order valence-electron chi connectivity index (χ4n) is 2.45. The molecule has 0 N–H and O–H groups in total. The Morgan fingerprint density at radius 2 is 2.09 bits per heavy atom. The van der Waals surface area contributed by atoms with Crippen LogP contribution in [0.25, 0.3) is 28.3 Å². The molecule has 0 spiro atoms. The molecule has 4 rings (SSSR count). The van der Waals surface area contributed by atoms with Crippen molar-refractivity contribution in [2.45, 2.75) is 0 Å². The zero-order valence-electron chi connectivity index (χ0n) is 11.9. The van der Waals surface area contributed by atoms with Gasteiger partial charge in [-0.25, -0.2) is 14.0 Å². The first kappa shape index (κ1) is 15.0. The van der Waals surface area contributed by atoms with Crippen LogP contribution in [0.3, 0.4) is 0 Å². The highest BCUT2D eigenvalue weighted by Gasteiger charge is 2.16. The van der Waals surface area contributed by atoms with E-state index in [-0.39, 0.29) is 0 Å². The summed E-state index contributed by atoms with van der Waals surface area (Å²) in [6.07, 6.45) is 5.99. The molecule has 0 fully saturated rings. The summed E-state index contributed by atoms with van der Waals surface area (Å²) < 4.78 is 5.39. The lowest BCUT2D eigenvalue weighted by atomic mass is 10.2. The van der Waals surface area contributed by atoms with E-state index in [1.807, 2.05) is 29.8 Å². The summed E-state index contributed by atoms with van der Waals surface area (Å²) in [7, 11) is 1.88. The first-order valence-electron chi connectivity index (χ1n) is 6.63. The summed E-state index contributed by atoms with van der Waals surface area (Å²) in [6, 6.07) is 5.67. The zero-order valence-corrected chi connectivity index (χ0v) is 15.8. The number of rotatable bonds is 3. The Hall–Kier alpha value is -1.51. The maximum absolute atomic E-state index is 6.23. The molecule has 7 nitrogen and oxygen atoms in total. The van der Waals surface area contributed by atoms with Gasteiger partial charge in [-0.3, -0.25) is 4.68 Å². The first-order chi connectivity index (χ1) is 11.2. The molecule has 4 heterocycles. The van der Waals surface area contributed by atoms with Gasteiger partial charge in [0, 0.05) is 25.0 Å². The Kier molecular flexibility index (Phi) is 3.82. The van der Waals surface area contributed by atoms with E-state index >= 15 is 0 Å². The van der Waals surface area contributed by atoms with Crippen LogP contribution in [-0.2, 0) is 7.05 Å². The molecule has 0 amide bonds. The largest absolute Gasteiger partial charge is 0.268 e. The summed E-state index contributed by atoms with van der Waals surface area (Å²) in [5.74, 6) is 0. The van der Waals surface area contributed by atoms with Gasteiger partial charge in [0.05, 0.1) is 18.3 Å². The van der Waals surface area contributed by atoms with Crippen LogP contribution in [0, 0.1) is 0 Å². The molecule has 23 heavy (non-hydrogen) atoms. The van der Waals surface area contributed by atoms with Crippen molar-refractivity contribution in [3.05, 3.63) is 41.9 Å². The van der Waals surface area contributed by atoms with Crippen LogP contribution in [0.5, 0.6) is 0 Å². The SMILES string of the molecule is Cn1nccc1-c1cc(Cl)nn2c(-c3ccn(PI)n3)cnc12. The number of imidazole rings is 1. The molecule has 0 saturated carbocycles. The Morgan fingerprint density at radius 1 is 1.22 bits per heavy atom. The van der Waals surface area contributed by atoms with Gasteiger partial charge < -0.3 is 0 Å². The molecule has 1 atom stereocenters. The van der Waals surface area contributed by atoms with Crippen LogP contribution in [-0.4, -0.2) is 33.9 Å². The molecule has 0 aliphatic heterocycles. The molecule has 0 aliphatic carbocycles. The van der Waals surface area contributed by atoms with Crippen molar-refractivity contribution in [1.82, 2.24) is 33.9 Å². The number of halogens is 2. The summed E-state index contributed by atoms with van der Waals surface area (Å²) in [6.45, 7) is 0. The van der Waals surface area contributed by atoms with E-state index < -0.39 is 0 Å². The molecule has 1 unspecified atom stereocenters. The van der Waals surface area contributed by atoms with Crippen molar-refractivity contribution in [3.63, 3.8) is 0 Å². The molecule has 10 heteroatoms. The molecular formula is C13H10ClIN7P. The Balaban J connectivity index is 1.96. The third kappa shape index (κ3) is 2.54. The van der Waals surface area contributed by atoms with E-state index in [0.29, 0.717) is 11.5 Å². The number of nitrogens with zero attached hydrogens (tertiary/aromatic N) is 7. The van der Waals surface area contributed by atoms with Crippen LogP contribution < -0.4 is 0 Å². The predicted molar refractivity (Wildman–Crippen MR) is 99.2 cm³/mol. The quantitative estimate of drug-likeness (QED) is 0.349. The fraction of sp³-hybridized carbons (Fsp3) is 0.0769. The van der Waals surface area contributed by atoms with Crippen LogP contribution in [0.4, 0.5) is 0 Å². The van der Waals surface area contributed by atoms with E-state index in [2.05, 4.69) is 42.3 Å². The van der Waals surface area contributed by atoms with E-state index in [1.54, 1.807) is 27.7 Å². The molecule has 4 aromatic heterocycles. The van der Waals surface area contributed by atoms with Gasteiger partial charge in [0.2, 0.25) is 0 Å². The standard InChI is InChI=1S/C13H10ClIN7P/c1-20-10(2-4-17-20)8-6-12(14)19-22-11(7-16-13(8)22)9-3-5-21(18-9)23-15/h2-7,23H,1H3. The van der Waals surface area contributed by atoms with Crippen LogP contribution in [0.1, 0.15) is 0 Å². The summed E-state index contributed by atoms with van der Waals surface area (Å²) in [5, 5.41) is 13.5. The molecule has 0 saturated heterocycles. The lowest BCUT2D eigenvalue weighted by molar-refractivity contribution is 0.775. The van der Waals surface area contributed by atoms with Gasteiger partial charge in [-0.05, 0) is 40.2 Å². The van der Waals surface area contributed by atoms with Crippen molar-refractivity contribution < 1.29 is 0 Å². The van der Waals surface area contributed by atoms with Crippen molar-refractivity contribution in [1.29, 1.82) is 0 Å². The first-order valence-corrected chi connectivity index (χ1v) is 11.1. The van der Waals surface area contributed by atoms with Gasteiger partial charge in [0.1, 0.15) is 11.4 Å². The highest BCUT2D eigenvalue weighted by Crippen LogP contribution is 2.30. The van der Waals surface area contributed by atoms with E-state index in [0.717, 1.165) is 28.3 Å². The lowest BCUT2D eigenvalue weighted by Gasteiger charge is -2.06. The van der Waals surface area contributed by atoms with Gasteiger partial charge in [0.15, 0.2) is 10.8 Å². The maximum Gasteiger partial charge on any atom is 0.163 e. The second-order valence-corrected chi connectivity index (χ2v) is 7.29. The zero-order chi connectivity index (χ0) is 16.0. The predicted octanol–water partition coefficient (Wildman–Crippen LogP) is 3.44. The fourth-order valence-corrected chi connectivity index (χ4v) is 3.71. The number of hydrogen-bond acceptors (Lipinski definition) is 4. The minimum absolute atomic E-state index is 0.392. The summed E-state index contributed by atoms with van der Waals surface area (Å²) in [5.41, 5.74) is 4.15. The summed E-state index contributed by atoms with van der Waals surface area (Å²) in [4.78, 5) is 4.52. The Morgan fingerprint density at radius 3 is 2.78 bits per heavy atom. The molecule has 4 aromatic rings. The molecule has 0 bridgehead atoms. The van der Waals surface area contributed by atoms with Crippen molar-refractivity contribution >= 4 is 45.7 Å². The third-order valence-corrected chi connectivity index (χ3v) is 5.56. The molecule has 0 radical (unpaired) electrons. The van der Waals surface area contributed by atoms with Crippen LogP contribution in [0.2, 0.25) is 5.15 Å². The van der Waals surface area contributed by atoms with E-state index in [9.17, 15) is 0 Å². The average molecular weight is 458 g/mol. The third-order valence-electron chi connectivity index (χ3n) is 3.47. The number of aromatic nitrogens is 7. The lowest BCUT2D eigenvalue weighted by Crippen LogP contribution is -2.00. The van der Waals surface area contributed by atoms with Gasteiger partial charge >= 0.3 is 0 Å². The summed E-state index contributed by atoms with van der Waals surface area (Å²) >= 11 is 8.51. The monoisotopic (exact) mass is 457 g/mol. The molecular weight excluding hydrogens is 448 g/mol. The van der Waals surface area contributed by atoms with Gasteiger partial charge in [-0.2, -0.15) is 15.3 Å². The molecule has 116 valence electrons. The van der Waals surface area contributed by atoms with E-state index in [1.165, 1.54) is 0 Å². The Labute approximate surface area is 151 Å². The molecule has 0 aromatic carbocycles. The van der Waals surface area contributed by atoms with Gasteiger partial charge in [0.25, 0.3) is 0 Å². The molecule has 0 aliphatic rings. The van der Waals surface area contributed by atoms with Crippen LogP contribution >= 0.6 is 40.0 Å². The van der Waals surface area contributed by atoms with Crippen molar-refractivity contribution in [2.24, 2.45) is 7.05 Å². The minimum atomic E-state index is 0.392. The van der Waals surface area contributed by atoms with Crippen LogP contribution in [0.15, 0.2) is 36.8 Å². The second kappa shape index (κ2) is 5.85. The van der Waals surface area contributed by atoms with Crippen molar-refractivity contribution in [2.75, 3.05) is 0 Å². The Bertz CT molecular complexity index is 1010. The smallest absolute Gasteiger partial charge is 0.163 e. The van der Waals surface area contributed by atoms with Crippen molar-refractivity contribution in [3.8, 4) is 22.6 Å². The highest BCUT2D eigenvalue weighted by molar-refractivity contribution is 14.2. The minimum Gasteiger partial charge on any atom is -0.268 e. The normalized spacial score (nSPS) is 12.0. The average Bonchev–Trinajstić information content (AvgIpc) is 3.24.